The summed E-state index contributed by atoms with van der Waals surface area (Å²) >= 11 is 0. The van der Waals surface area contributed by atoms with Gasteiger partial charge in [-0.1, -0.05) is 19.7 Å². The van der Waals surface area contributed by atoms with Gasteiger partial charge in [0.25, 0.3) is 0 Å². The smallest absolute Gasteiger partial charge is 0.168 e. The van der Waals surface area contributed by atoms with Crippen molar-refractivity contribution < 1.29 is 9.47 Å². The molecule has 0 bridgehead atoms. The highest BCUT2D eigenvalue weighted by Crippen LogP contribution is 2.41. The summed E-state index contributed by atoms with van der Waals surface area (Å²) in [6, 6.07) is 2.30. The Morgan fingerprint density at radius 1 is 1.26 bits per heavy atom. The molecule has 1 saturated heterocycles. The summed E-state index contributed by atoms with van der Waals surface area (Å²) in [6.45, 7) is 3.73. The quantitative estimate of drug-likeness (QED) is 0.717. The molecule has 2 aliphatic carbocycles. The summed E-state index contributed by atoms with van der Waals surface area (Å²) in [5.74, 6) is 1.91. The van der Waals surface area contributed by atoms with Crippen LogP contribution >= 0.6 is 0 Å². The van der Waals surface area contributed by atoms with Gasteiger partial charge in [-0.2, -0.15) is 5.26 Å². The van der Waals surface area contributed by atoms with Crippen LogP contribution in [0.1, 0.15) is 45.4 Å². The molecule has 1 heterocycles. The summed E-state index contributed by atoms with van der Waals surface area (Å²) in [7, 11) is 5.33. The van der Waals surface area contributed by atoms with Gasteiger partial charge in [-0.25, -0.2) is 0 Å². The van der Waals surface area contributed by atoms with Crippen LogP contribution in [-0.4, -0.2) is 26.8 Å². The van der Waals surface area contributed by atoms with Crippen LogP contribution in [-0.2, 0) is 9.47 Å². The molecule has 2 saturated carbocycles. The van der Waals surface area contributed by atoms with Crippen LogP contribution in [0.3, 0.4) is 0 Å². The van der Waals surface area contributed by atoms with Gasteiger partial charge in [0.15, 0.2) is 5.79 Å². The zero-order chi connectivity index (χ0) is 13.7. The van der Waals surface area contributed by atoms with Crippen molar-refractivity contribution in [3.8, 4) is 6.07 Å². The fourth-order valence-corrected chi connectivity index (χ4v) is 2.99. The Hall–Kier alpha value is -0.525. The summed E-state index contributed by atoms with van der Waals surface area (Å²) in [5.41, 5.74) is 0. The molecule has 3 rings (SSSR count). The van der Waals surface area contributed by atoms with Gasteiger partial charge in [-0.05, 0) is 31.1 Å². The Kier molecular flexibility index (Phi) is 5.30. The number of nitrogens with zero attached hydrogens (tertiary/aromatic N) is 1. The average molecular weight is 261 g/mol. The normalized spacial score (nSPS) is 32.4. The van der Waals surface area contributed by atoms with Gasteiger partial charge >= 0.3 is 0 Å². The van der Waals surface area contributed by atoms with Gasteiger partial charge in [-0.15, -0.1) is 0 Å². The maximum absolute atomic E-state index is 8.69. The number of hydrogen-bond donors (Lipinski definition) is 0. The van der Waals surface area contributed by atoms with E-state index in [1.54, 1.807) is 0 Å². The fourth-order valence-electron chi connectivity index (χ4n) is 2.99. The zero-order valence-corrected chi connectivity index (χ0v) is 11.9. The van der Waals surface area contributed by atoms with E-state index in [1.807, 2.05) is 0 Å². The molecule has 2 unspecified atom stereocenters. The minimum atomic E-state index is -0.298. The van der Waals surface area contributed by atoms with E-state index in [9.17, 15) is 0 Å². The van der Waals surface area contributed by atoms with E-state index in [-0.39, 0.29) is 11.7 Å². The number of ether oxygens (including phenoxy) is 2. The standard InChI is InChI=1S/C9H13NO2.C6H11B/c10-7-8-1-3-9(4-2-8)11-5-6-12-9;1-5-4-6(5)2-3-7/h8H,1-6H2;5-6H,2-4H2,1H3. The highest BCUT2D eigenvalue weighted by atomic mass is 16.7. The van der Waals surface area contributed by atoms with E-state index in [0.717, 1.165) is 57.1 Å². The average Bonchev–Trinajstić information content (AvgIpc) is 2.94. The molecular weight excluding hydrogens is 237 g/mol. The lowest BCUT2D eigenvalue weighted by molar-refractivity contribution is -0.180. The first-order valence-electron chi connectivity index (χ1n) is 7.57. The molecule has 3 nitrogen and oxygen atoms in total. The van der Waals surface area contributed by atoms with Crippen LogP contribution in [0.15, 0.2) is 0 Å². The predicted molar refractivity (Wildman–Crippen MR) is 74.7 cm³/mol. The maximum Gasteiger partial charge on any atom is 0.168 e. The van der Waals surface area contributed by atoms with Crippen molar-refractivity contribution in [1.82, 2.24) is 0 Å². The zero-order valence-electron chi connectivity index (χ0n) is 11.9. The van der Waals surface area contributed by atoms with Crippen LogP contribution in [0.25, 0.3) is 0 Å². The number of rotatable bonds is 2. The molecular formula is C15H24BNO2. The molecule has 1 aliphatic heterocycles. The van der Waals surface area contributed by atoms with Crippen molar-refractivity contribution in [2.45, 2.75) is 57.6 Å². The highest BCUT2D eigenvalue weighted by molar-refractivity contribution is 6.08. The minimum Gasteiger partial charge on any atom is -0.348 e. The molecule has 2 atom stereocenters. The minimum absolute atomic E-state index is 0.225. The molecule has 0 amide bonds. The summed E-state index contributed by atoms with van der Waals surface area (Å²) < 4.78 is 11.1. The first-order valence-corrected chi connectivity index (χ1v) is 7.57. The third-order valence-corrected chi connectivity index (χ3v) is 4.56. The van der Waals surface area contributed by atoms with Crippen molar-refractivity contribution in [2.75, 3.05) is 13.2 Å². The van der Waals surface area contributed by atoms with Crippen molar-refractivity contribution in [3.05, 3.63) is 0 Å². The predicted octanol–water partition coefficient (Wildman–Crippen LogP) is 3.06. The van der Waals surface area contributed by atoms with Crippen LogP contribution < -0.4 is 0 Å². The van der Waals surface area contributed by atoms with Crippen LogP contribution in [0.5, 0.6) is 0 Å². The molecule has 1 spiro atoms. The van der Waals surface area contributed by atoms with E-state index in [4.69, 9.17) is 22.6 Å². The van der Waals surface area contributed by atoms with E-state index < -0.39 is 0 Å². The Bertz CT molecular complexity index is 313. The monoisotopic (exact) mass is 261 g/mol. The van der Waals surface area contributed by atoms with E-state index in [1.165, 1.54) is 12.8 Å². The molecule has 0 aromatic rings. The lowest BCUT2D eigenvalue weighted by Crippen LogP contribution is -2.34. The number of hydrogen-bond acceptors (Lipinski definition) is 3. The van der Waals surface area contributed by atoms with Gasteiger partial charge < -0.3 is 9.47 Å². The lowest BCUT2D eigenvalue weighted by Gasteiger charge is -2.32. The molecule has 19 heavy (non-hydrogen) atoms. The maximum atomic E-state index is 8.69. The third-order valence-electron chi connectivity index (χ3n) is 4.56. The largest absolute Gasteiger partial charge is 0.348 e. The van der Waals surface area contributed by atoms with Gasteiger partial charge in [0.05, 0.1) is 27.1 Å². The van der Waals surface area contributed by atoms with Gasteiger partial charge in [0.1, 0.15) is 0 Å². The number of nitriles is 1. The molecule has 0 aromatic heterocycles. The Morgan fingerprint density at radius 2 is 1.84 bits per heavy atom. The van der Waals surface area contributed by atoms with E-state index in [2.05, 4.69) is 13.0 Å². The molecule has 2 radical (unpaired) electrons. The lowest BCUT2D eigenvalue weighted by atomic mass is 9.86. The van der Waals surface area contributed by atoms with E-state index >= 15 is 0 Å². The fraction of sp³-hybridized carbons (Fsp3) is 0.933. The van der Waals surface area contributed by atoms with Crippen LogP contribution in [0, 0.1) is 29.1 Å². The third kappa shape index (κ3) is 4.22. The van der Waals surface area contributed by atoms with Gasteiger partial charge in [0.2, 0.25) is 0 Å². The first kappa shape index (κ1) is 14.9. The molecule has 3 aliphatic rings. The Morgan fingerprint density at radius 3 is 2.21 bits per heavy atom. The topological polar surface area (TPSA) is 42.2 Å². The van der Waals surface area contributed by atoms with Crippen LogP contribution in [0.2, 0.25) is 6.32 Å². The van der Waals surface area contributed by atoms with Crippen molar-refractivity contribution in [2.24, 2.45) is 17.8 Å². The summed E-state index contributed by atoms with van der Waals surface area (Å²) in [4.78, 5) is 0. The molecule has 0 N–H and O–H groups in total. The second kappa shape index (κ2) is 6.77. The Balaban J connectivity index is 0.000000163. The van der Waals surface area contributed by atoms with Crippen molar-refractivity contribution in [3.63, 3.8) is 0 Å². The highest BCUT2D eigenvalue weighted by Gasteiger charge is 2.40. The second-order valence-electron chi connectivity index (χ2n) is 6.06. The van der Waals surface area contributed by atoms with Gasteiger partial charge in [-0.3, -0.25) is 0 Å². The van der Waals surface area contributed by atoms with Crippen molar-refractivity contribution in [1.29, 1.82) is 5.26 Å². The molecule has 3 fully saturated rings. The molecule has 104 valence electrons. The summed E-state index contributed by atoms with van der Waals surface area (Å²) in [5, 5.41) is 8.69. The first-order chi connectivity index (χ1) is 9.19. The van der Waals surface area contributed by atoms with Gasteiger partial charge in [0, 0.05) is 18.8 Å². The second-order valence-corrected chi connectivity index (χ2v) is 6.06. The Labute approximate surface area is 118 Å². The van der Waals surface area contributed by atoms with Crippen LogP contribution in [0.4, 0.5) is 0 Å². The van der Waals surface area contributed by atoms with E-state index in [0.29, 0.717) is 0 Å². The molecule has 4 heteroatoms. The van der Waals surface area contributed by atoms with Crippen molar-refractivity contribution >= 4 is 7.85 Å². The summed E-state index contributed by atoms with van der Waals surface area (Å²) in [6.07, 6.45) is 7.21. The SMILES string of the molecule is N#CC1CCC2(CC1)OCCO2.[B]CCC1CC1C. The molecule has 0 aromatic carbocycles.